The van der Waals surface area contributed by atoms with Gasteiger partial charge >= 0.3 is 5.97 Å². The third-order valence-electron chi connectivity index (χ3n) is 2.35. The molecule has 0 radical (unpaired) electrons. The van der Waals surface area contributed by atoms with Crippen LogP contribution >= 0.6 is 11.3 Å². The third kappa shape index (κ3) is 2.75. The molecule has 94 valence electrons. The Balaban J connectivity index is 2.26. The first-order chi connectivity index (χ1) is 8.74. The van der Waals surface area contributed by atoms with Gasteiger partial charge in [0.05, 0.1) is 18.9 Å². The van der Waals surface area contributed by atoms with Crippen molar-refractivity contribution in [2.45, 2.75) is 13.5 Å². The minimum Gasteiger partial charge on any atom is -0.462 e. The van der Waals surface area contributed by atoms with E-state index in [1.165, 1.54) is 11.3 Å². The summed E-state index contributed by atoms with van der Waals surface area (Å²) >= 11 is 1.37. The minimum atomic E-state index is -0.301. The predicted molar refractivity (Wildman–Crippen MR) is 69.4 cm³/mol. The summed E-state index contributed by atoms with van der Waals surface area (Å²) in [4.78, 5) is 17.1. The molecule has 2 heterocycles. The first-order valence-corrected chi connectivity index (χ1v) is 6.39. The fourth-order valence-electron chi connectivity index (χ4n) is 1.52. The Hall–Kier alpha value is -1.72. The van der Waals surface area contributed by atoms with Gasteiger partial charge in [0.1, 0.15) is 4.88 Å². The van der Waals surface area contributed by atoms with E-state index >= 15 is 0 Å². The van der Waals surface area contributed by atoms with E-state index in [1.807, 2.05) is 12.1 Å². The SMILES string of the molecule is CCOC(=O)c1ccc(-c2ccnc(CO)c2)s1. The van der Waals surface area contributed by atoms with Crippen molar-refractivity contribution in [2.24, 2.45) is 0 Å². The molecular formula is C13H13NO3S. The average Bonchev–Trinajstić information content (AvgIpc) is 2.89. The molecule has 0 fully saturated rings. The molecule has 1 N–H and O–H groups in total. The van der Waals surface area contributed by atoms with Gasteiger partial charge in [0.25, 0.3) is 0 Å². The molecule has 0 aliphatic heterocycles. The highest BCUT2D eigenvalue weighted by Gasteiger charge is 2.11. The smallest absolute Gasteiger partial charge is 0.348 e. The van der Waals surface area contributed by atoms with Crippen molar-refractivity contribution in [3.8, 4) is 10.4 Å². The highest BCUT2D eigenvalue weighted by Crippen LogP contribution is 2.28. The topological polar surface area (TPSA) is 59.4 Å². The Labute approximate surface area is 109 Å². The molecule has 0 saturated heterocycles. The summed E-state index contributed by atoms with van der Waals surface area (Å²) in [5.41, 5.74) is 1.55. The van der Waals surface area contributed by atoms with Crippen LogP contribution in [0.1, 0.15) is 22.3 Å². The van der Waals surface area contributed by atoms with Gasteiger partial charge in [-0.05, 0) is 36.8 Å². The van der Waals surface area contributed by atoms with E-state index in [2.05, 4.69) is 4.98 Å². The Morgan fingerprint density at radius 2 is 2.28 bits per heavy atom. The van der Waals surface area contributed by atoms with E-state index in [0.29, 0.717) is 17.2 Å². The van der Waals surface area contributed by atoms with Gasteiger partial charge in [-0.1, -0.05) is 0 Å². The fraction of sp³-hybridized carbons (Fsp3) is 0.231. The molecule has 4 nitrogen and oxygen atoms in total. The van der Waals surface area contributed by atoms with Crippen LogP contribution in [0.15, 0.2) is 30.5 Å². The summed E-state index contributed by atoms with van der Waals surface area (Å²) in [6.07, 6.45) is 1.64. The zero-order valence-corrected chi connectivity index (χ0v) is 10.7. The van der Waals surface area contributed by atoms with Crippen LogP contribution in [0.4, 0.5) is 0 Å². The average molecular weight is 263 g/mol. The molecule has 0 aliphatic carbocycles. The van der Waals surface area contributed by atoms with Crippen molar-refractivity contribution in [1.29, 1.82) is 0 Å². The minimum absolute atomic E-state index is 0.0933. The fourth-order valence-corrected chi connectivity index (χ4v) is 2.42. The summed E-state index contributed by atoms with van der Waals surface area (Å²) in [5.74, 6) is -0.301. The molecule has 5 heteroatoms. The normalized spacial score (nSPS) is 10.3. The van der Waals surface area contributed by atoms with Gasteiger partial charge in [0.2, 0.25) is 0 Å². The molecule has 0 amide bonds. The van der Waals surface area contributed by atoms with Crippen molar-refractivity contribution in [3.63, 3.8) is 0 Å². The summed E-state index contributed by atoms with van der Waals surface area (Å²) in [5, 5.41) is 9.04. The largest absolute Gasteiger partial charge is 0.462 e. The van der Waals surface area contributed by atoms with Gasteiger partial charge in [-0.2, -0.15) is 0 Å². The van der Waals surface area contributed by atoms with Crippen molar-refractivity contribution in [2.75, 3.05) is 6.61 Å². The van der Waals surface area contributed by atoms with Crippen molar-refractivity contribution < 1.29 is 14.6 Å². The molecule has 0 bridgehead atoms. The molecule has 2 rings (SSSR count). The van der Waals surface area contributed by atoms with E-state index in [9.17, 15) is 4.79 Å². The number of rotatable bonds is 4. The van der Waals surface area contributed by atoms with E-state index in [4.69, 9.17) is 9.84 Å². The van der Waals surface area contributed by atoms with Crippen molar-refractivity contribution in [3.05, 3.63) is 41.0 Å². The summed E-state index contributed by atoms with van der Waals surface area (Å²) < 4.78 is 4.94. The maximum absolute atomic E-state index is 11.5. The number of ether oxygens (including phenoxy) is 1. The molecule has 0 aliphatic rings. The maximum atomic E-state index is 11.5. The number of carbonyl (C=O) groups is 1. The zero-order valence-electron chi connectivity index (χ0n) is 9.92. The van der Waals surface area contributed by atoms with Crippen LogP contribution in [0.5, 0.6) is 0 Å². The number of esters is 1. The first-order valence-electron chi connectivity index (χ1n) is 5.57. The molecule has 0 saturated carbocycles. The number of hydrogen-bond acceptors (Lipinski definition) is 5. The van der Waals surface area contributed by atoms with Crippen LogP contribution in [0, 0.1) is 0 Å². The van der Waals surface area contributed by atoms with Gasteiger partial charge in [-0.25, -0.2) is 4.79 Å². The van der Waals surface area contributed by atoms with Crippen LogP contribution in [-0.2, 0) is 11.3 Å². The van der Waals surface area contributed by atoms with E-state index in [0.717, 1.165) is 10.4 Å². The highest BCUT2D eigenvalue weighted by molar-refractivity contribution is 7.17. The number of aliphatic hydroxyl groups excluding tert-OH is 1. The Morgan fingerprint density at radius 3 is 3.00 bits per heavy atom. The predicted octanol–water partition coefficient (Wildman–Crippen LogP) is 2.48. The lowest BCUT2D eigenvalue weighted by Gasteiger charge is -2.00. The Bertz CT molecular complexity index is 551. The molecular weight excluding hydrogens is 250 g/mol. The molecule has 0 aromatic carbocycles. The van der Waals surface area contributed by atoms with Gasteiger partial charge < -0.3 is 9.84 Å². The Kier molecular flexibility index (Phi) is 4.07. The lowest BCUT2D eigenvalue weighted by Crippen LogP contribution is -2.01. The number of pyridine rings is 1. The monoisotopic (exact) mass is 263 g/mol. The molecule has 0 unspecified atom stereocenters. The number of thiophene rings is 1. The molecule has 2 aromatic heterocycles. The van der Waals surface area contributed by atoms with Crippen LogP contribution in [0.2, 0.25) is 0 Å². The van der Waals surface area contributed by atoms with E-state index in [-0.39, 0.29) is 12.6 Å². The first kappa shape index (κ1) is 12.7. The lowest BCUT2D eigenvalue weighted by molar-refractivity contribution is 0.0532. The number of hydrogen-bond donors (Lipinski definition) is 1. The second kappa shape index (κ2) is 5.75. The molecule has 0 atom stereocenters. The Morgan fingerprint density at radius 1 is 1.44 bits per heavy atom. The zero-order chi connectivity index (χ0) is 13.0. The highest BCUT2D eigenvalue weighted by atomic mass is 32.1. The second-order valence-electron chi connectivity index (χ2n) is 3.58. The van der Waals surface area contributed by atoms with Crippen molar-refractivity contribution >= 4 is 17.3 Å². The lowest BCUT2D eigenvalue weighted by atomic mass is 10.2. The van der Waals surface area contributed by atoms with Gasteiger partial charge in [0.15, 0.2) is 0 Å². The molecule has 18 heavy (non-hydrogen) atoms. The number of carbonyl (C=O) groups excluding carboxylic acids is 1. The summed E-state index contributed by atoms with van der Waals surface area (Å²) in [6.45, 7) is 2.06. The summed E-state index contributed by atoms with van der Waals surface area (Å²) in [6, 6.07) is 7.27. The van der Waals surface area contributed by atoms with Crippen LogP contribution in [-0.4, -0.2) is 22.7 Å². The van der Waals surface area contributed by atoms with E-state index < -0.39 is 0 Å². The number of nitrogens with zero attached hydrogens (tertiary/aromatic N) is 1. The molecule has 0 spiro atoms. The van der Waals surface area contributed by atoms with E-state index in [1.54, 1.807) is 25.3 Å². The van der Waals surface area contributed by atoms with Gasteiger partial charge in [0, 0.05) is 11.1 Å². The van der Waals surface area contributed by atoms with Crippen molar-refractivity contribution in [1.82, 2.24) is 4.98 Å². The van der Waals surface area contributed by atoms with Crippen LogP contribution in [0.25, 0.3) is 10.4 Å². The standard InChI is InChI=1S/C13H13NO3S/c1-2-17-13(16)12-4-3-11(18-12)9-5-6-14-10(7-9)8-15/h3-7,15H,2,8H2,1H3. The number of aliphatic hydroxyl groups is 1. The maximum Gasteiger partial charge on any atom is 0.348 e. The van der Waals surface area contributed by atoms with Gasteiger partial charge in [-0.3, -0.25) is 4.98 Å². The van der Waals surface area contributed by atoms with Crippen LogP contribution < -0.4 is 0 Å². The quantitative estimate of drug-likeness (QED) is 0.861. The summed E-state index contributed by atoms with van der Waals surface area (Å²) in [7, 11) is 0. The third-order valence-corrected chi connectivity index (χ3v) is 3.46. The second-order valence-corrected chi connectivity index (χ2v) is 4.66. The number of aromatic nitrogens is 1. The molecule has 2 aromatic rings. The van der Waals surface area contributed by atoms with Crippen LogP contribution in [0.3, 0.4) is 0 Å². The van der Waals surface area contributed by atoms with Gasteiger partial charge in [-0.15, -0.1) is 11.3 Å².